The van der Waals surface area contributed by atoms with Gasteiger partial charge in [-0.2, -0.15) is 13.2 Å². The van der Waals surface area contributed by atoms with E-state index in [0.717, 1.165) is 39.7 Å². The molecule has 3 heterocycles. The summed E-state index contributed by atoms with van der Waals surface area (Å²) in [6, 6.07) is 17.5. The highest BCUT2D eigenvalue weighted by Gasteiger charge is 2.34. The molecule has 0 aliphatic heterocycles. The zero-order chi connectivity index (χ0) is 24.7. The van der Waals surface area contributed by atoms with E-state index in [1.165, 1.54) is 10.1 Å². The molecule has 35 heavy (non-hydrogen) atoms. The van der Waals surface area contributed by atoms with Gasteiger partial charge in [-0.05, 0) is 41.8 Å². The number of H-pyrrole nitrogens is 1. The molecule has 0 fully saturated rings. The molecule has 5 aromatic rings. The summed E-state index contributed by atoms with van der Waals surface area (Å²) in [5.41, 5.74) is 5.54. The van der Waals surface area contributed by atoms with Gasteiger partial charge < -0.3 is 14.9 Å². The number of benzene rings is 2. The standard InChI is InChI=1S/C27H24F3N5/c1-16(2)19-6-4-5-7-20(19)22-12-21-23(13-31-22)32-14-24(21)33-18-10-8-17(9-11-18)26-34-25(15-35(26)3)27(28,29)30/h4-16,32-33H,1-3H3. The zero-order valence-corrected chi connectivity index (χ0v) is 19.5. The van der Waals surface area contributed by atoms with Gasteiger partial charge in [0.25, 0.3) is 0 Å². The maximum atomic E-state index is 13.0. The van der Waals surface area contributed by atoms with E-state index in [1.807, 2.05) is 36.7 Å². The Morgan fingerprint density at radius 1 is 1.03 bits per heavy atom. The Labute approximate surface area is 200 Å². The van der Waals surface area contributed by atoms with Gasteiger partial charge in [0.15, 0.2) is 5.69 Å². The highest BCUT2D eigenvalue weighted by atomic mass is 19.4. The maximum absolute atomic E-state index is 13.0. The summed E-state index contributed by atoms with van der Waals surface area (Å²) in [5, 5.41) is 4.40. The first-order valence-electron chi connectivity index (χ1n) is 11.2. The van der Waals surface area contributed by atoms with E-state index in [-0.39, 0.29) is 5.82 Å². The molecule has 0 spiro atoms. The second-order valence-electron chi connectivity index (χ2n) is 8.82. The van der Waals surface area contributed by atoms with E-state index in [4.69, 9.17) is 0 Å². The number of aryl methyl sites for hydroxylation is 1. The highest BCUT2D eigenvalue weighted by Crippen LogP contribution is 2.34. The van der Waals surface area contributed by atoms with Crippen LogP contribution in [0.4, 0.5) is 24.5 Å². The Kier molecular flexibility index (Phi) is 5.59. The topological polar surface area (TPSA) is 58.5 Å². The van der Waals surface area contributed by atoms with Crippen LogP contribution in [0.3, 0.4) is 0 Å². The third kappa shape index (κ3) is 4.39. The molecule has 2 N–H and O–H groups in total. The summed E-state index contributed by atoms with van der Waals surface area (Å²) in [6.45, 7) is 4.33. The highest BCUT2D eigenvalue weighted by molar-refractivity contribution is 5.96. The number of rotatable bonds is 5. The number of hydrogen-bond acceptors (Lipinski definition) is 3. The van der Waals surface area contributed by atoms with E-state index in [2.05, 4.69) is 52.3 Å². The number of pyridine rings is 1. The zero-order valence-electron chi connectivity index (χ0n) is 19.5. The molecule has 0 amide bonds. The molecule has 0 aliphatic rings. The van der Waals surface area contributed by atoms with Crippen molar-refractivity contribution < 1.29 is 13.2 Å². The third-order valence-electron chi connectivity index (χ3n) is 6.01. The van der Waals surface area contributed by atoms with Crippen LogP contribution in [0.5, 0.6) is 0 Å². The van der Waals surface area contributed by atoms with Crippen LogP contribution < -0.4 is 5.32 Å². The van der Waals surface area contributed by atoms with Crippen molar-refractivity contribution in [1.82, 2.24) is 19.5 Å². The minimum absolute atomic E-state index is 0.260. The van der Waals surface area contributed by atoms with Crippen LogP contribution in [0.1, 0.15) is 31.0 Å². The number of aromatic nitrogens is 4. The van der Waals surface area contributed by atoms with E-state index < -0.39 is 11.9 Å². The summed E-state index contributed by atoms with van der Waals surface area (Å²) < 4.78 is 40.4. The summed E-state index contributed by atoms with van der Waals surface area (Å²) in [4.78, 5) is 11.7. The van der Waals surface area contributed by atoms with Crippen LogP contribution in [0.25, 0.3) is 33.5 Å². The number of halogens is 3. The van der Waals surface area contributed by atoms with Crippen molar-refractivity contribution in [2.24, 2.45) is 7.05 Å². The van der Waals surface area contributed by atoms with E-state index in [9.17, 15) is 13.2 Å². The summed E-state index contributed by atoms with van der Waals surface area (Å²) in [7, 11) is 1.55. The fourth-order valence-corrected chi connectivity index (χ4v) is 4.23. The molecule has 178 valence electrons. The lowest BCUT2D eigenvalue weighted by Crippen LogP contribution is -2.04. The van der Waals surface area contributed by atoms with Crippen LogP contribution >= 0.6 is 0 Å². The molecule has 2 aromatic carbocycles. The molecule has 5 rings (SSSR count). The number of alkyl halides is 3. The molecule has 0 saturated carbocycles. The van der Waals surface area contributed by atoms with Crippen LogP contribution in [-0.2, 0) is 13.2 Å². The minimum Gasteiger partial charge on any atom is -0.358 e. The van der Waals surface area contributed by atoms with E-state index in [1.54, 1.807) is 19.2 Å². The molecule has 8 heteroatoms. The average Bonchev–Trinajstić information content (AvgIpc) is 3.43. The van der Waals surface area contributed by atoms with Gasteiger partial charge >= 0.3 is 6.18 Å². The third-order valence-corrected chi connectivity index (χ3v) is 6.01. The Morgan fingerprint density at radius 3 is 2.46 bits per heavy atom. The Balaban J connectivity index is 1.44. The quantitative estimate of drug-likeness (QED) is 0.276. The fourth-order valence-electron chi connectivity index (χ4n) is 4.23. The first kappa shape index (κ1) is 22.7. The largest absolute Gasteiger partial charge is 0.434 e. The lowest BCUT2D eigenvalue weighted by Gasteiger charge is -2.12. The Morgan fingerprint density at radius 2 is 1.77 bits per heavy atom. The first-order valence-corrected chi connectivity index (χ1v) is 11.2. The van der Waals surface area contributed by atoms with Crippen molar-refractivity contribution in [3.63, 3.8) is 0 Å². The lowest BCUT2D eigenvalue weighted by atomic mass is 9.95. The van der Waals surface area contributed by atoms with Crippen molar-refractivity contribution in [3.05, 3.63) is 84.4 Å². The van der Waals surface area contributed by atoms with Crippen LogP contribution in [0.15, 0.2) is 73.2 Å². The van der Waals surface area contributed by atoms with Gasteiger partial charge in [0.1, 0.15) is 5.82 Å². The smallest absolute Gasteiger partial charge is 0.358 e. The van der Waals surface area contributed by atoms with Crippen LogP contribution in [0.2, 0.25) is 0 Å². The fraction of sp³-hybridized carbons (Fsp3) is 0.185. The van der Waals surface area contributed by atoms with Gasteiger partial charge in [-0.1, -0.05) is 38.1 Å². The molecule has 0 saturated heterocycles. The van der Waals surface area contributed by atoms with E-state index in [0.29, 0.717) is 11.5 Å². The molecule has 0 atom stereocenters. The Bertz CT molecular complexity index is 1490. The Hall–Kier alpha value is -4.07. The predicted octanol–water partition coefficient (Wildman–Crippen LogP) is 7.52. The predicted molar refractivity (Wildman–Crippen MR) is 133 cm³/mol. The monoisotopic (exact) mass is 475 g/mol. The number of fused-ring (bicyclic) bond motifs is 1. The van der Waals surface area contributed by atoms with Crippen molar-refractivity contribution in [2.75, 3.05) is 5.32 Å². The van der Waals surface area contributed by atoms with Crippen LogP contribution in [-0.4, -0.2) is 19.5 Å². The van der Waals surface area contributed by atoms with E-state index >= 15 is 0 Å². The average molecular weight is 476 g/mol. The SMILES string of the molecule is CC(C)c1ccccc1-c1cc2c(Nc3ccc(-c4nc(C(F)(F)F)cn4C)cc3)c[nH]c2cn1. The van der Waals surface area contributed by atoms with Gasteiger partial charge in [0.05, 0.1) is 23.1 Å². The summed E-state index contributed by atoms with van der Waals surface area (Å²) in [5.74, 6) is 0.632. The van der Waals surface area contributed by atoms with Gasteiger partial charge in [-0.3, -0.25) is 4.98 Å². The number of aromatic amines is 1. The van der Waals surface area contributed by atoms with Crippen molar-refractivity contribution >= 4 is 22.3 Å². The first-order chi connectivity index (χ1) is 16.7. The maximum Gasteiger partial charge on any atom is 0.434 e. The van der Waals surface area contributed by atoms with Crippen molar-refractivity contribution in [2.45, 2.75) is 25.9 Å². The van der Waals surface area contributed by atoms with Crippen molar-refractivity contribution in [3.8, 4) is 22.6 Å². The van der Waals surface area contributed by atoms with Gasteiger partial charge in [0.2, 0.25) is 0 Å². The second-order valence-corrected chi connectivity index (χ2v) is 8.82. The molecule has 5 nitrogen and oxygen atoms in total. The number of anilines is 2. The molecule has 0 unspecified atom stereocenters. The molecular weight excluding hydrogens is 451 g/mol. The number of nitrogens with zero attached hydrogens (tertiary/aromatic N) is 3. The summed E-state index contributed by atoms with van der Waals surface area (Å²) >= 11 is 0. The molecular formula is C27H24F3N5. The molecule has 0 aliphatic carbocycles. The molecule has 3 aromatic heterocycles. The molecule has 0 radical (unpaired) electrons. The number of nitrogens with one attached hydrogen (secondary N) is 2. The minimum atomic E-state index is -4.48. The second kappa shape index (κ2) is 8.61. The summed E-state index contributed by atoms with van der Waals surface area (Å²) in [6.07, 6.45) is 0.231. The number of imidazole rings is 1. The van der Waals surface area contributed by atoms with Gasteiger partial charge in [0, 0.05) is 41.6 Å². The van der Waals surface area contributed by atoms with Gasteiger partial charge in [-0.25, -0.2) is 4.98 Å². The molecule has 0 bridgehead atoms. The lowest BCUT2D eigenvalue weighted by molar-refractivity contribution is -0.140. The normalized spacial score (nSPS) is 12.0. The van der Waals surface area contributed by atoms with Crippen molar-refractivity contribution in [1.29, 1.82) is 0 Å². The number of hydrogen-bond donors (Lipinski definition) is 2. The van der Waals surface area contributed by atoms with Gasteiger partial charge in [-0.15, -0.1) is 0 Å². The van der Waals surface area contributed by atoms with Crippen LogP contribution in [0, 0.1) is 0 Å².